The summed E-state index contributed by atoms with van der Waals surface area (Å²) in [6, 6.07) is 7.46. The van der Waals surface area contributed by atoms with Gasteiger partial charge in [0.2, 0.25) is 0 Å². The number of ketones is 1. The molecule has 0 saturated carbocycles. The average molecular weight is 278 g/mol. The van der Waals surface area contributed by atoms with Crippen LogP contribution < -0.4 is 0 Å². The average Bonchev–Trinajstić information content (AvgIpc) is 2.83. The molecule has 3 rings (SSSR count). The Bertz CT molecular complexity index is 847. The number of aromatic nitrogens is 2. The maximum atomic E-state index is 12.1. The first kappa shape index (κ1) is 13.2. The number of benzene rings is 1. The molecule has 0 bridgehead atoms. The van der Waals surface area contributed by atoms with E-state index < -0.39 is 0 Å². The molecule has 0 unspecified atom stereocenters. The summed E-state index contributed by atoms with van der Waals surface area (Å²) in [6.07, 6.45) is 6.64. The van der Waals surface area contributed by atoms with Crippen molar-refractivity contribution in [3.8, 4) is 0 Å². The van der Waals surface area contributed by atoms with E-state index in [1.807, 2.05) is 25.1 Å². The number of furan rings is 1. The molecule has 0 amide bonds. The second-order valence-electron chi connectivity index (χ2n) is 4.83. The van der Waals surface area contributed by atoms with Gasteiger partial charge in [-0.05, 0) is 43.7 Å². The first-order chi connectivity index (χ1) is 10.1. The highest BCUT2D eigenvalue weighted by Crippen LogP contribution is 2.16. The van der Waals surface area contributed by atoms with E-state index in [2.05, 4.69) is 9.97 Å². The Hall–Kier alpha value is -2.75. The molecule has 0 saturated heterocycles. The zero-order chi connectivity index (χ0) is 14.8. The Morgan fingerprint density at radius 2 is 1.86 bits per heavy atom. The van der Waals surface area contributed by atoms with Crippen molar-refractivity contribution in [3.05, 3.63) is 65.4 Å². The van der Waals surface area contributed by atoms with Gasteiger partial charge in [-0.2, -0.15) is 0 Å². The summed E-state index contributed by atoms with van der Waals surface area (Å²) in [4.78, 5) is 20.6. The van der Waals surface area contributed by atoms with E-state index in [-0.39, 0.29) is 5.78 Å². The van der Waals surface area contributed by atoms with Gasteiger partial charge in [0.25, 0.3) is 0 Å². The summed E-state index contributed by atoms with van der Waals surface area (Å²) >= 11 is 0. The lowest BCUT2D eigenvalue weighted by Crippen LogP contribution is -1.93. The Kier molecular flexibility index (Phi) is 3.36. The minimum atomic E-state index is -0.0661. The van der Waals surface area contributed by atoms with Crippen LogP contribution in [-0.2, 0) is 0 Å². The first-order valence-electron chi connectivity index (χ1n) is 6.64. The quantitative estimate of drug-likeness (QED) is 0.541. The number of carbonyl (C=O) groups is 1. The van der Waals surface area contributed by atoms with Gasteiger partial charge in [0.15, 0.2) is 5.78 Å². The molecule has 3 aromatic rings. The van der Waals surface area contributed by atoms with Crippen LogP contribution in [0, 0.1) is 13.8 Å². The lowest BCUT2D eigenvalue weighted by molar-refractivity contribution is 0.104. The molecule has 0 N–H and O–H groups in total. The standard InChI is InChI=1S/C17H14N2O2/c1-11-9-14(12(2)21-11)17(20)6-4-13-3-5-15-16(10-13)19-8-7-18-15/h3-10H,1-2H3. The van der Waals surface area contributed by atoms with Crippen molar-refractivity contribution in [2.45, 2.75) is 13.8 Å². The van der Waals surface area contributed by atoms with Crippen molar-refractivity contribution in [2.75, 3.05) is 0 Å². The van der Waals surface area contributed by atoms with E-state index >= 15 is 0 Å². The molecule has 21 heavy (non-hydrogen) atoms. The summed E-state index contributed by atoms with van der Waals surface area (Å²) in [6.45, 7) is 3.62. The zero-order valence-electron chi connectivity index (χ0n) is 11.8. The third-order valence-electron chi connectivity index (χ3n) is 3.23. The second kappa shape index (κ2) is 5.32. The number of allylic oxidation sites excluding steroid dienone is 1. The van der Waals surface area contributed by atoms with E-state index in [0.717, 1.165) is 22.4 Å². The summed E-state index contributed by atoms with van der Waals surface area (Å²) in [5, 5.41) is 0. The Balaban J connectivity index is 1.87. The topological polar surface area (TPSA) is 56.0 Å². The number of hydrogen-bond donors (Lipinski definition) is 0. The normalized spacial score (nSPS) is 11.3. The SMILES string of the molecule is Cc1cc(C(=O)C=Cc2ccc3nccnc3c2)c(C)o1. The molecule has 0 aliphatic heterocycles. The predicted octanol–water partition coefficient (Wildman–Crippen LogP) is 3.74. The Morgan fingerprint density at radius 3 is 2.57 bits per heavy atom. The van der Waals surface area contributed by atoms with Crippen molar-refractivity contribution in [2.24, 2.45) is 0 Å². The van der Waals surface area contributed by atoms with Gasteiger partial charge in [-0.1, -0.05) is 12.1 Å². The molecule has 2 aromatic heterocycles. The van der Waals surface area contributed by atoms with Crippen LogP contribution >= 0.6 is 0 Å². The van der Waals surface area contributed by atoms with Gasteiger partial charge in [-0.3, -0.25) is 14.8 Å². The minimum absolute atomic E-state index is 0.0661. The Morgan fingerprint density at radius 1 is 1.10 bits per heavy atom. The maximum absolute atomic E-state index is 12.1. The van der Waals surface area contributed by atoms with Crippen LogP contribution in [-0.4, -0.2) is 15.8 Å². The molecule has 0 radical (unpaired) electrons. The summed E-state index contributed by atoms with van der Waals surface area (Å²) in [5.74, 6) is 1.32. The van der Waals surface area contributed by atoms with Crippen molar-refractivity contribution < 1.29 is 9.21 Å². The summed E-state index contributed by atoms with van der Waals surface area (Å²) < 4.78 is 5.37. The van der Waals surface area contributed by atoms with E-state index in [9.17, 15) is 4.79 Å². The van der Waals surface area contributed by atoms with Gasteiger partial charge in [0.1, 0.15) is 11.5 Å². The van der Waals surface area contributed by atoms with Crippen LogP contribution in [0.5, 0.6) is 0 Å². The lowest BCUT2D eigenvalue weighted by atomic mass is 10.1. The molecule has 0 fully saturated rings. The van der Waals surface area contributed by atoms with Crippen LogP contribution in [0.4, 0.5) is 0 Å². The zero-order valence-corrected chi connectivity index (χ0v) is 11.8. The van der Waals surface area contributed by atoms with E-state index in [4.69, 9.17) is 4.42 Å². The Labute approximate surface area is 122 Å². The monoisotopic (exact) mass is 278 g/mol. The molecular formula is C17H14N2O2. The number of fused-ring (bicyclic) bond motifs is 1. The van der Waals surface area contributed by atoms with Crippen molar-refractivity contribution in [1.29, 1.82) is 0 Å². The highest BCUT2D eigenvalue weighted by Gasteiger charge is 2.10. The highest BCUT2D eigenvalue weighted by molar-refractivity contribution is 6.07. The van der Waals surface area contributed by atoms with E-state index in [0.29, 0.717) is 11.3 Å². The molecule has 0 atom stereocenters. The second-order valence-corrected chi connectivity index (χ2v) is 4.83. The highest BCUT2D eigenvalue weighted by atomic mass is 16.3. The number of carbonyl (C=O) groups excluding carboxylic acids is 1. The molecule has 2 heterocycles. The maximum Gasteiger partial charge on any atom is 0.189 e. The summed E-state index contributed by atoms with van der Waals surface area (Å²) in [5.41, 5.74) is 3.16. The van der Waals surface area contributed by atoms with Gasteiger partial charge >= 0.3 is 0 Å². The fourth-order valence-electron chi connectivity index (χ4n) is 2.22. The molecule has 4 heteroatoms. The van der Waals surface area contributed by atoms with Crippen molar-refractivity contribution in [1.82, 2.24) is 9.97 Å². The van der Waals surface area contributed by atoms with Gasteiger partial charge in [-0.25, -0.2) is 0 Å². The van der Waals surface area contributed by atoms with Crippen molar-refractivity contribution in [3.63, 3.8) is 0 Å². The van der Waals surface area contributed by atoms with Gasteiger partial charge < -0.3 is 4.42 Å². The van der Waals surface area contributed by atoms with E-state index in [1.54, 1.807) is 37.5 Å². The number of rotatable bonds is 3. The molecule has 104 valence electrons. The minimum Gasteiger partial charge on any atom is -0.466 e. The first-order valence-corrected chi connectivity index (χ1v) is 6.64. The van der Waals surface area contributed by atoms with Gasteiger partial charge in [0, 0.05) is 12.4 Å². The van der Waals surface area contributed by atoms with Crippen LogP contribution in [0.1, 0.15) is 27.4 Å². The fraction of sp³-hybridized carbons (Fsp3) is 0.118. The number of hydrogen-bond acceptors (Lipinski definition) is 4. The molecular weight excluding hydrogens is 264 g/mol. The van der Waals surface area contributed by atoms with Gasteiger partial charge in [-0.15, -0.1) is 0 Å². The molecule has 1 aromatic carbocycles. The predicted molar refractivity (Wildman–Crippen MR) is 81.1 cm³/mol. The number of nitrogens with zero attached hydrogens (tertiary/aromatic N) is 2. The van der Waals surface area contributed by atoms with Crippen LogP contribution in [0.25, 0.3) is 17.1 Å². The van der Waals surface area contributed by atoms with Crippen molar-refractivity contribution >= 4 is 22.9 Å². The van der Waals surface area contributed by atoms with E-state index in [1.165, 1.54) is 0 Å². The number of aryl methyl sites for hydroxylation is 2. The molecule has 0 aliphatic rings. The van der Waals surface area contributed by atoms with Crippen LogP contribution in [0.15, 0.2) is 47.2 Å². The molecule has 0 aliphatic carbocycles. The smallest absolute Gasteiger partial charge is 0.189 e. The third kappa shape index (κ3) is 2.74. The lowest BCUT2D eigenvalue weighted by Gasteiger charge is -1.97. The largest absolute Gasteiger partial charge is 0.466 e. The van der Waals surface area contributed by atoms with Gasteiger partial charge in [0.05, 0.1) is 16.6 Å². The molecule has 0 spiro atoms. The van der Waals surface area contributed by atoms with Crippen LogP contribution in [0.2, 0.25) is 0 Å². The van der Waals surface area contributed by atoms with Crippen LogP contribution in [0.3, 0.4) is 0 Å². The summed E-state index contributed by atoms with van der Waals surface area (Å²) in [7, 11) is 0. The third-order valence-corrected chi connectivity index (χ3v) is 3.23. The molecule has 4 nitrogen and oxygen atoms in total. The fourth-order valence-corrected chi connectivity index (χ4v) is 2.22.